The molecular weight excluding hydrogens is 450 g/mol. The molecule has 2 aliphatic carbocycles. The molecule has 0 radical (unpaired) electrons. The van der Waals surface area contributed by atoms with E-state index in [-0.39, 0.29) is 36.6 Å². The average molecular weight is 480 g/mol. The lowest BCUT2D eigenvalue weighted by molar-refractivity contribution is -0.138. The largest absolute Gasteiger partial charge is 0.417 e. The summed E-state index contributed by atoms with van der Waals surface area (Å²) in [6.07, 6.45) is -2.57. The van der Waals surface area contributed by atoms with Gasteiger partial charge in [-0.25, -0.2) is 17.8 Å². The predicted octanol–water partition coefficient (Wildman–Crippen LogP) is 3.27. The summed E-state index contributed by atoms with van der Waals surface area (Å²) >= 11 is 0. The zero-order valence-corrected chi connectivity index (χ0v) is 19.2. The van der Waals surface area contributed by atoms with E-state index in [9.17, 15) is 31.1 Å². The lowest BCUT2D eigenvalue weighted by atomic mass is 9.70. The highest BCUT2D eigenvalue weighted by atomic mass is 32.2. The van der Waals surface area contributed by atoms with Crippen LogP contribution >= 0.6 is 0 Å². The van der Waals surface area contributed by atoms with Crippen molar-refractivity contribution in [2.24, 2.45) is 16.7 Å². The number of aromatic nitrogens is 1. The molecule has 0 unspecified atom stereocenters. The van der Waals surface area contributed by atoms with Crippen LogP contribution in [0, 0.1) is 22.6 Å². The van der Waals surface area contributed by atoms with Crippen molar-refractivity contribution in [3.63, 3.8) is 0 Å². The molecule has 0 amide bonds. The third kappa shape index (κ3) is 3.60. The summed E-state index contributed by atoms with van der Waals surface area (Å²) in [5.41, 5.74) is -2.13. The molecule has 1 N–H and O–H groups in total. The van der Waals surface area contributed by atoms with E-state index in [1.165, 1.54) is 9.21 Å². The smallest absolute Gasteiger partial charge is 0.392 e. The standard InChI is InChI=1S/C21H29F4N3O3S/c1-13-11-27(6-7-28(13)18-16(22)8-15(10-26-18)21(23,24)25)32(30,31)12-20-5-4-14(9-17(20)29)19(20,2)3/h8,10,13-14,17,29H,4-7,9,11-12H2,1-3H3/t13-,14+,17+,20-/m0/s1. The summed E-state index contributed by atoms with van der Waals surface area (Å²) in [6, 6.07) is -0.0650. The van der Waals surface area contributed by atoms with E-state index in [1.54, 1.807) is 6.92 Å². The zero-order valence-electron chi connectivity index (χ0n) is 18.4. The van der Waals surface area contributed by atoms with Crippen molar-refractivity contribution in [2.45, 2.75) is 58.4 Å². The second-order valence-electron chi connectivity index (χ2n) is 10.0. The van der Waals surface area contributed by atoms with Gasteiger partial charge in [0.15, 0.2) is 11.6 Å². The number of fused-ring (bicyclic) bond motifs is 2. The van der Waals surface area contributed by atoms with Gasteiger partial charge in [0.05, 0.1) is 17.4 Å². The van der Waals surface area contributed by atoms with Gasteiger partial charge in [-0.1, -0.05) is 13.8 Å². The number of piperazine rings is 1. The normalized spacial score (nSPS) is 33.1. The van der Waals surface area contributed by atoms with Gasteiger partial charge in [0.1, 0.15) is 0 Å². The molecule has 4 rings (SSSR count). The van der Waals surface area contributed by atoms with Gasteiger partial charge in [-0.3, -0.25) is 0 Å². The molecular formula is C21H29F4N3O3S. The van der Waals surface area contributed by atoms with Crippen LogP contribution in [0.4, 0.5) is 23.4 Å². The molecule has 11 heteroatoms. The molecule has 3 aliphatic rings. The summed E-state index contributed by atoms with van der Waals surface area (Å²) in [5, 5.41) is 10.7. The number of aliphatic hydroxyl groups is 1. The molecule has 0 spiro atoms. The van der Waals surface area contributed by atoms with Crippen molar-refractivity contribution in [2.75, 3.05) is 30.3 Å². The summed E-state index contributed by atoms with van der Waals surface area (Å²) in [5.74, 6) is -1.14. The lowest BCUT2D eigenvalue weighted by Gasteiger charge is -2.44. The van der Waals surface area contributed by atoms with Gasteiger partial charge >= 0.3 is 6.18 Å². The Morgan fingerprint density at radius 1 is 1.28 bits per heavy atom. The fraction of sp³-hybridized carbons (Fsp3) is 0.762. The minimum absolute atomic E-state index is 0.0699. The second-order valence-corrected chi connectivity index (χ2v) is 12.0. The zero-order chi connectivity index (χ0) is 23.7. The van der Waals surface area contributed by atoms with Gasteiger partial charge in [-0.2, -0.15) is 17.5 Å². The molecule has 1 aliphatic heterocycles. The van der Waals surface area contributed by atoms with Crippen LogP contribution in [0.15, 0.2) is 12.3 Å². The molecule has 2 bridgehead atoms. The molecule has 6 nitrogen and oxygen atoms in total. The SMILES string of the molecule is C[C@H]1CN(S(=O)(=O)C[C@@]23CC[C@H](C[C@H]2O)C3(C)C)CCN1c1ncc(C(F)(F)F)cc1F. The highest BCUT2D eigenvalue weighted by Gasteiger charge is 2.65. The summed E-state index contributed by atoms with van der Waals surface area (Å²) in [4.78, 5) is 5.18. The fourth-order valence-electron chi connectivity index (χ4n) is 6.08. The molecule has 1 saturated heterocycles. The Kier molecular flexibility index (Phi) is 5.57. The maximum Gasteiger partial charge on any atom is 0.417 e. The molecule has 0 aromatic carbocycles. The van der Waals surface area contributed by atoms with Crippen molar-refractivity contribution in [3.8, 4) is 0 Å². The first-order chi connectivity index (χ1) is 14.7. The second kappa shape index (κ2) is 7.53. The van der Waals surface area contributed by atoms with E-state index in [0.717, 1.165) is 6.42 Å². The highest BCUT2D eigenvalue weighted by molar-refractivity contribution is 7.89. The van der Waals surface area contributed by atoms with Gasteiger partial charge in [0, 0.05) is 37.3 Å². The van der Waals surface area contributed by atoms with Gasteiger partial charge in [0.25, 0.3) is 0 Å². The van der Waals surface area contributed by atoms with E-state index < -0.39 is 45.1 Å². The van der Waals surface area contributed by atoms with Gasteiger partial charge in [0.2, 0.25) is 10.0 Å². The Bertz CT molecular complexity index is 1000. The lowest BCUT2D eigenvalue weighted by Crippen LogP contribution is -2.56. The third-order valence-corrected chi connectivity index (χ3v) is 10.2. The van der Waals surface area contributed by atoms with Crippen LogP contribution in [0.3, 0.4) is 0 Å². The van der Waals surface area contributed by atoms with Crippen LogP contribution in [0.5, 0.6) is 0 Å². The maximum atomic E-state index is 14.4. The number of pyridine rings is 1. The van der Waals surface area contributed by atoms with E-state index in [1.807, 2.05) is 13.8 Å². The number of nitrogens with zero attached hydrogens (tertiary/aromatic N) is 3. The first-order valence-electron chi connectivity index (χ1n) is 10.8. The van der Waals surface area contributed by atoms with Gasteiger partial charge in [-0.15, -0.1) is 0 Å². The average Bonchev–Trinajstić information content (AvgIpc) is 3.01. The van der Waals surface area contributed by atoms with Crippen LogP contribution in [0.25, 0.3) is 0 Å². The number of aliphatic hydroxyl groups excluding tert-OH is 1. The molecule has 1 aromatic heterocycles. The molecule has 32 heavy (non-hydrogen) atoms. The molecule has 180 valence electrons. The molecule has 1 aromatic rings. The summed E-state index contributed by atoms with van der Waals surface area (Å²) in [6.45, 7) is 6.02. The molecule has 3 fully saturated rings. The molecule has 4 atom stereocenters. The van der Waals surface area contributed by atoms with Crippen LogP contribution in [-0.4, -0.2) is 60.3 Å². The Balaban J connectivity index is 1.50. The van der Waals surface area contributed by atoms with E-state index in [2.05, 4.69) is 4.98 Å². The van der Waals surface area contributed by atoms with E-state index in [4.69, 9.17) is 0 Å². The van der Waals surface area contributed by atoms with Crippen molar-refractivity contribution in [1.29, 1.82) is 0 Å². The minimum Gasteiger partial charge on any atom is -0.392 e. The van der Waals surface area contributed by atoms with Gasteiger partial charge in [-0.05, 0) is 43.6 Å². The van der Waals surface area contributed by atoms with Crippen LogP contribution in [-0.2, 0) is 16.2 Å². The Hall–Kier alpha value is -1.46. The van der Waals surface area contributed by atoms with Crippen LogP contribution in [0.2, 0.25) is 0 Å². The predicted molar refractivity (Wildman–Crippen MR) is 111 cm³/mol. The van der Waals surface area contributed by atoms with Gasteiger partial charge < -0.3 is 10.0 Å². The van der Waals surface area contributed by atoms with Crippen molar-refractivity contribution < 1.29 is 31.1 Å². The Morgan fingerprint density at radius 3 is 2.47 bits per heavy atom. The van der Waals surface area contributed by atoms with E-state index in [0.29, 0.717) is 31.0 Å². The fourth-order valence-corrected chi connectivity index (χ4v) is 8.43. The van der Waals surface area contributed by atoms with Crippen molar-refractivity contribution in [3.05, 3.63) is 23.6 Å². The summed E-state index contributed by atoms with van der Waals surface area (Å²) in [7, 11) is -3.71. The monoisotopic (exact) mass is 479 g/mol. The number of hydrogen-bond donors (Lipinski definition) is 1. The third-order valence-electron chi connectivity index (χ3n) is 8.23. The maximum absolute atomic E-state index is 14.4. The Labute approximate surface area is 185 Å². The Morgan fingerprint density at radius 2 is 1.97 bits per heavy atom. The van der Waals surface area contributed by atoms with E-state index >= 15 is 0 Å². The highest BCUT2D eigenvalue weighted by Crippen LogP contribution is 2.66. The first-order valence-corrected chi connectivity index (χ1v) is 12.5. The van der Waals surface area contributed by atoms with Crippen molar-refractivity contribution in [1.82, 2.24) is 9.29 Å². The topological polar surface area (TPSA) is 73.7 Å². The van der Waals surface area contributed by atoms with Crippen LogP contribution < -0.4 is 4.90 Å². The molecule has 2 saturated carbocycles. The number of halogens is 4. The number of alkyl halides is 3. The molecule has 2 heterocycles. The minimum atomic E-state index is -4.69. The number of sulfonamides is 1. The quantitative estimate of drug-likeness (QED) is 0.671. The first kappa shape index (κ1) is 23.7. The number of anilines is 1. The van der Waals surface area contributed by atoms with Crippen LogP contribution in [0.1, 0.15) is 45.6 Å². The van der Waals surface area contributed by atoms with Crippen molar-refractivity contribution >= 4 is 15.8 Å². The summed E-state index contributed by atoms with van der Waals surface area (Å²) < 4.78 is 80.9. The number of hydrogen-bond acceptors (Lipinski definition) is 5. The number of rotatable bonds is 4.